The van der Waals surface area contributed by atoms with Crippen LogP contribution in [0.1, 0.15) is 44.9 Å². The molecule has 1 unspecified atom stereocenters. The summed E-state index contributed by atoms with van der Waals surface area (Å²) in [6.07, 6.45) is 6.00. The molecule has 0 aromatic carbocycles. The Kier molecular flexibility index (Phi) is 8.21. The van der Waals surface area contributed by atoms with Gasteiger partial charge in [-0.3, -0.25) is 9.59 Å². The first-order chi connectivity index (χ1) is 7.56. The fourth-order valence-electron chi connectivity index (χ4n) is 1.65. The topological polar surface area (TPSA) is 74.6 Å². The van der Waals surface area contributed by atoms with E-state index in [1.165, 1.54) is 0 Å². The molecule has 0 spiro atoms. The Morgan fingerprint density at radius 1 is 1.06 bits per heavy atom. The van der Waals surface area contributed by atoms with Crippen molar-refractivity contribution in [2.24, 2.45) is 5.92 Å². The predicted molar refractivity (Wildman–Crippen MR) is 61.3 cm³/mol. The van der Waals surface area contributed by atoms with E-state index < -0.39 is 11.9 Å². The minimum absolute atomic E-state index is 0.178. The Labute approximate surface area is 96.0 Å². The number of allylic oxidation sites excluding steroid dienone is 1. The first kappa shape index (κ1) is 14.7. The molecule has 1 atom stereocenters. The molecule has 4 heteroatoms. The SMILES string of the molecule is C=CCC(CCCCC(=O)O)CCC(=O)O. The van der Waals surface area contributed by atoms with Gasteiger partial charge in [0.05, 0.1) is 0 Å². The van der Waals surface area contributed by atoms with Gasteiger partial charge >= 0.3 is 11.9 Å². The molecule has 0 bridgehead atoms. The molecular weight excluding hydrogens is 208 g/mol. The maximum absolute atomic E-state index is 10.4. The van der Waals surface area contributed by atoms with Gasteiger partial charge in [0, 0.05) is 12.8 Å². The number of hydrogen-bond acceptors (Lipinski definition) is 2. The van der Waals surface area contributed by atoms with Gasteiger partial charge in [0.25, 0.3) is 0 Å². The van der Waals surface area contributed by atoms with Crippen molar-refractivity contribution in [3.05, 3.63) is 12.7 Å². The molecule has 0 aliphatic heterocycles. The lowest BCUT2D eigenvalue weighted by Gasteiger charge is -2.13. The molecule has 16 heavy (non-hydrogen) atoms. The van der Waals surface area contributed by atoms with Gasteiger partial charge in [0.15, 0.2) is 0 Å². The fourth-order valence-corrected chi connectivity index (χ4v) is 1.65. The molecule has 0 fully saturated rings. The van der Waals surface area contributed by atoms with Gasteiger partial charge in [-0.15, -0.1) is 6.58 Å². The van der Waals surface area contributed by atoms with Crippen molar-refractivity contribution in [3.63, 3.8) is 0 Å². The van der Waals surface area contributed by atoms with Crippen LogP contribution in [0, 0.1) is 5.92 Å². The minimum atomic E-state index is -0.778. The number of carboxylic acids is 2. The molecule has 0 radical (unpaired) electrons. The van der Waals surface area contributed by atoms with Crippen molar-refractivity contribution in [2.45, 2.75) is 44.9 Å². The standard InChI is InChI=1S/C12H20O4/c1-2-5-10(8-9-12(15)16)6-3-4-7-11(13)14/h2,10H,1,3-9H2,(H,13,14)(H,15,16). The van der Waals surface area contributed by atoms with Crippen LogP contribution in [0.2, 0.25) is 0 Å². The third kappa shape index (κ3) is 9.24. The highest BCUT2D eigenvalue weighted by atomic mass is 16.4. The monoisotopic (exact) mass is 228 g/mol. The molecule has 0 saturated carbocycles. The summed E-state index contributed by atoms with van der Waals surface area (Å²) in [5.41, 5.74) is 0. The second-order valence-electron chi connectivity index (χ2n) is 3.96. The van der Waals surface area contributed by atoms with Crippen LogP contribution in [-0.2, 0) is 9.59 Å². The third-order valence-electron chi connectivity index (χ3n) is 2.52. The predicted octanol–water partition coefficient (Wildman–Crippen LogP) is 2.69. The molecule has 0 saturated heterocycles. The van der Waals surface area contributed by atoms with Crippen LogP contribution in [-0.4, -0.2) is 22.2 Å². The molecule has 0 amide bonds. The molecule has 0 heterocycles. The maximum atomic E-state index is 10.4. The van der Waals surface area contributed by atoms with Crippen LogP contribution in [0.25, 0.3) is 0 Å². The van der Waals surface area contributed by atoms with E-state index >= 15 is 0 Å². The molecule has 0 aliphatic carbocycles. The summed E-state index contributed by atoms with van der Waals surface area (Å²) < 4.78 is 0. The lowest BCUT2D eigenvalue weighted by atomic mass is 9.93. The number of unbranched alkanes of at least 4 members (excludes halogenated alkanes) is 1. The Bertz CT molecular complexity index is 235. The smallest absolute Gasteiger partial charge is 0.303 e. The van der Waals surface area contributed by atoms with Crippen molar-refractivity contribution in [1.29, 1.82) is 0 Å². The fraction of sp³-hybridized carbons (Fsp3) is 0.667. The Balaban J connectivity index is 3.70. The van der Waals surface area contributed by atoms with Gasteiger partial charge in [0.2, 0.25) is 0 Å². The molecule has 0 aromatic heterocycles. The first-order valence-corrected chi connectivity index (χ1v) is 5.60. The summed E-state index contributed by atoms with van der Waals surface area (Å²) in [6, 6.07) is 0. The number of hydrogen-bond donors (Lipinski definition) is 2. The van der Waals surface area contributed by atoms with E-state index in [9.17, 15) is 9.59 Å². The average Bonchev–Trinajstić information content (AvgIpc) is 2.20. The van der Waals surface area contributed by atoms with Crippen LogP contribution >= 0.6 is 0 Å². The molecule has 0 rings (SSSR count). The van der Waals surface area contributed by atoms with Gasteiger partial charge in [-0.25, -0.2) is 0 Å². The van der Waals surface area contributed by atoms with Crippen LogP contribution in [0.15, 0.2) is 12.7 Å². The average molecular weight is 228 g/mol. The highest BCUT2D eigenvalue weighted by molar-refractivity contribution is 5.66. The van der Waals surface area contributed by atoms with E-state index in [-0.39, 0.29) is 12.8 Å². The highest BCUT2D eigenvalue weighted by Gasteiger charge is 2.09. The van der Waals surface area contributed by atoms with E-state index in [4.69, 9.17) is 10.2 Å². The largest absolute Gasteiger partial charge is 0.481 e. The van der Waals surface area contributed by atoms with E-state index in [0.717, 1.165) is 19.3 Å². The lowest BCUT2D eigenvalue weighted by Crippen LogP contribution is -2.04. The first-order valence-electron chi connectivity index (χ1n) is 5.60. The summed E-state index contributed by atoms with van der Waals surface area (Å²) >= 11 is 0. The van der Waals surface area contributed by atoms with Gasteiger partial charge < -0.3 is 10.2 Å². The zero-order chi connectivity index (χ0) is 12.4. The second kappa shape index (κ2) is 8.95. The molecule has 0 aromatic rings. The van der Waals surface area contributed by atoms with E-state index in [1.807, 2.05) is 0 Å². The number of carboxylic acid groups (broad SMARTS) is 2. The maximum Gasteiger partial charge on any atom is 0.303 e. The number of rotatable bonds is 10. The summed E-state index contributed by atoms with van der Waals surface area (Å²) in [6.45, 7) is 3.64. The van der Waals surface area contributed by atoms with Gasteiger partial charge in [0.1, 0.15) is 0 Å². The Morgan fingerprint density at radius 3 is 2.19 bits per heavy atom. The van der Waals surface area contributed by atoms with Crippen molar-refractivity contribution < 1.29 is 19.8 Å². The zero-order valence-corrected chi connectivity index (χ0v) is 9.52. The molecule has 92 valence electrons. The summed E-state index contributed by atoms with van der Waals surface area (Å²) in [4.78, 5) is 20.7. The normalized spacial score (nSPS) is 12.0. The minimum Gasteiger partial charge on any atom is -0.481 e. The van der Waals surface area contributed by atoms with Crippen molar-refractivity contribution in [2.75, 3.05) is 0 Å². The van der Waals surface area contributed by atoms with Crippen molar-refractivity contribution in [1.82, 2.24) is 0 Å². The van der Waals surface area contributed by atoms with E-state index in [0.29, 0.717) is 18.8 Å². The van der Waals surface area contributed by atoms with E-state index in [1.54, 1.807) is 6.08 Å². The molecule has 2 N–H and O–H groups in total. The van der Waals surface area contributed by atoms with E-state index in [2.05, 4.69) is 6.58 Å². The Hall–Kier alpha value is -1.32. The molecule has 0 aliphatic rings. The number of carbonyl (C=O) groups is 2. The second-order valence-corrected chi connectivity index (χ2v) is 3.96. The van der Waals surface area contributed by atoms with Crippen LogP contribution in [0.4, 0.5) is 0 Å². The molecular formula is C12H20O4. The summed E-state index contributed by atoms with van der Waals surface area (Å²) in [7, 11) is 0. The lowest BCUT2D eigenvalue weighted by molar-refractivity contribution is -0.138. The quantitative estimate of drug-likeness (QED) is 0.445. The van der Waals surface area contributed by atoms with Gasteiger partial charge in [-0.1, -0.05) is 18.9 Å². The van der Waals surface area contributed by atoms with Crippen LogP contribution < -0.4 is 0 Å². The van der Waals surface area contributed by atoms with Gasteiger partial charge in [-0.2, -0.15) is 0 Å². The molecule has 4 nitrogen and oxygen atoms in total. The van der Waals surface area contributed by atoms with Crippen LogP contribution in [0.5, 0.6) is 0 Å². The van der Waals surface area contributed by atoms with Gasteiger partial charge in [-0.05, 0) is 25.2 Å². The van der Waals surface area contributed by atoms with Crippen LogP contribution in [0.3, 0.4) is 0 Å². The Morgan fingerprint density at radius 2 is 1.69 bits per heavy atom. The van der Waals surface area contributed by atoms with Crippen molar-refractivity contribution >= 4 is 11.9 Å². The number of aliphatic carboxylic acids is 2. The third-order valence-corrected chi connectivity index (χ3v) is 2.52. The highest BCUT2D eigenvalue weighted by Crippen LogP contribution is 2.19. The van der Waals surface area contributed by atoms with Crippen molar-refractivity contribution in [3.8, 4) is 0 Å². The zero-order valence-electron chi connectivity index (χ0n) is 9.52. The summed E-state index contributed by atoms with van der Waals surface area (Å²) in [5.74, 6) is -1.23. The summed E-state index contributed by atoms with van der Waals surface area (Å²) in [5, 5.41) is 17.0.